The van der Waals surface area contributed by atoms with Gasteiger partial charge in [0.05, 0.1) is 22.0 Å². The van der Waals surface area contributed by atoms with Gasteiger partial charge in [-0.3, -0.25) is 14.4 Å². The zero-order chi connectivity index (χ0) is 35.1. The van der Waals surface area contributed by atoms with E-state index in [2.05, 4.69) is 10.6 Å². The number of likely N-dealkylation sites (N-methyl/N-ethyl adjacent to an activating group) is 3. The number of alkyl halides is 1. The number of nitrogens with one attached hydrogen (secondary N) is 2. The number of carbonyl (C=O) groups excluding carboxylic acids is 5. The van der Waals surface area contributed by atoms with E-state index in [-0.39, 0.29) is 55.6 Å². The van der Waals surface area contributed by atoms with Crippen molar-refractivity contribution in [2.75, 3.05) is 63.4 Å². The topological polar surface area (TPSA) is 138 Å². The van der Waals surface area contributed by atoms with Crippen molar-refractivity contribution in [3.63, 3.8) is 0 Å². The molecule has 1 atom stereocenters. The molecule has 14 heteroatoms. The van der Waals surface area contributed by atoms with E-state index in [4.69, 9.17) is 21.1 Å². The van der Waals surface area contributed by atoms with Gasteiger partial charge in [0.15, 0.2) is 6.29 Å². The molecule has 1 aromatic heterocycles. The molecule has 49 heavy (non-hydrogen) atoms. The second-order valence-electron chi connectivity index (χ2n) is 11.5. The minimum atomic E-state index is -0.646. The molecule has 0 saturated heterocycles. The summed E-state index contributed by atoms with van der Waals surface area (Å²) in [7, 11) is 4.82. The summed E-state index contributed by atoms with van der Waals surface area (Å²) >= 11 is 7.50. The highest BCUT2D eigenvalue weighted by Gasteiger charge is 2.36. The summed E-state index contributed by atoms with van der Waals surface area (Å²) in [5.41, 5.74) is 2.87. The molecule has 2 heterocycles. The standard InChI is InChI=1S/C35H36ClN5O7S/c1-37-18-31(43)38-24-10-8-22(9-11-24)21-47-34(45)39(2)14-15-40(3)35(46)48-29-16-28-32(27-7-5-4-6-26(27)29)23(17-36)19-41(28)33(44)30-13-12-25(20-42)49-30/h4-13,16,20,23,37H,14-15,17-19,21H2,1-3H3,(H,38,43)/t23-/m1/s1. The van der Waals surface area contributed by atoms with Crippen LogP contribution in [0.25, 0.3) is 10.8 Å². The zero-order valence-corrected chi connectivity index (χ0v) is 28.8. The predicted octanol–water partition coefficient (Wildman–Crippen LogP) is 5.55. The van der Waals surface area contributed by atoms with Gasteiger partial charge in [-0.15, -0.1) is 22.9 Å². The predicted molar refractivity (Wildman–Crippen MR) is 189 cm³/mol. The van der Waals surface area contributed by atoms with Crippen molar-refractivity contribution in [2.24, 2.45) is 0 Å². The van der Waals surface area contributed by atoms with Crippen LogP contribution in [0.2, 0.25) is 0 Å². The number of fused-ring (bicyclic) bond motifs is 3. The minimum Gasteiger partial charge on any atom is -0.445 e. The summed E-state index contributed by atoms with van der Waals surface area (Å²) < 4.78 is 11.3. The fourth-order valence-electron chi connectivity index (χ4n) is 5.44. The van der Waals surface area contributed by atoms with Crippen molar-refractivity contribution < 1.29 is 33.4 Å². The van der Waals surface area contributed by atoms with E-state index in [0.29, 0.717) is 39.3 Å². The third kappa shape index (κ3) is 8.19. The number of hydrogen-bond donors (Lipinski definition) is 2. The van der Waals surface area contributed by atoms with Crippen LogP contribution in [0.1, 0.15) is 36.4 Å². The van der Waals surface area contributed by atoms with Crippen LogP contribution in [0.15, 0.2) is 66.7 Å². The van der Waals surface area contributed by atoms with Gasteiger partial charge < -0.3 is 34.8 Å². The smallest absolute Gasteiger partial charge is 0.415 e. The van der Waals surface area contributed by atoms with Crippen LogP contribution in [0.4, 0.5) is 21.0 Å². The molecule has 4 aromatic rings. The number of carbonyl (C=O) groups is 5. The molecule has 0 fully saturated rings. The average molecular weight is 706 g/mol. The number of hydrogen-bond acceptors (Lipinski definition) is 9. The first-order valence-corrected chi connectivity index (χ1v) is 16.8. The van der Waals surface area contributed by atoms with E-state index in [1.165, 1.54) is 9.80 Å². The molecule has 1 aliphatic heterocycles. The van der Waals surface area contributed by atoms with Crippen LogP contribution in [-0.4, -0.2) is 93.3 Å². The van der Waals surface area contributed by atoms with E-state index >= 15 is 0 Å². The molecule has 0 radical (unpaired) electrons. The molecule has 2 N–H and O–H groups in total. The lowest BCUT2D eigenvalue weighted by molar-refractivity contribution is -0.115. The summed E-state index contributed by atoms with van der Waals surface area (Å²) in [5, 5.41) is 7.05. The molecule has 0 saturated carbocycles. The molecule has 3 aromatic carbocycles. The molecule has 5 rings (SSSR count). The monoisotopic (exact) mass is 705 g/mol. The Hall–Kier alpha value is -4.98. The van der Waals surface area contributed by atoms with Gasteiger partial charge >= 0.3 is 12.2 Å². The maximum Gasteiger partial charge on any atom is 0.415 e. The van der Waals surface area contributed by atoms with Gasteiger partial charge in [-0.05, 0) is 47.8 Å². The average Bonchev–Trinajstić information content (AvgIpc) is 3.75. The maximum absolute atomic E-state index is 13.6. The third-order valence-electron chi connectivity index (χ3n) is 8.04. The van der Waals surface area contributed by atoms with E-state index < -0.39 is 12.2 Å². The van der Waals surface area contributed by atoms with Crippen LogP contribution in [0.5, 0.6) is 5.75 Å². The number of anilines is 2. The summed E-state index contributed by atoms with van der Waals surface area (Å²) in [6, 6.07) is 19.4. The SMILES string of the molecule is CNCC(=O)Nc1ccc(COC(=O)N(C)CCN(C)C(=O)Oc2cc3c(c4ccccc24)[C@H](CCl)CN3C(=O)c2ccc(C=O)s2)cc1. The van der Waals surface area contributed by atoms with Crippen LogP contribution >= 0.6 is 22.9 Å². The zero-order valence-electron chi connectivity index (χ0n) is 27.2. The van der Waals surface area contributed by atoms with Crippen molar-refractivity contribution in [3.05, 3.63) is 87.6 Å². The Kier molecular flexibility index (Phi) is 11.5. The van der Waals surface area contributed by atoms with Crippen molar-refractivity contribution in [2.45, 2.75) is 12.5 Å². The van der Waals surface area contributed by atoms with Crippen LogP contribution in [-0.2, 0) is 16.1 Å². The highest BCUT2D eigenvalue weighted by atomic mass is 35.5. The molecule has 1 aliphatic rings. The highest BCUT2D eigenvalue weighted by molar-refractivity contribution is 7.15. The Morgan fingerprint density at radius 1 is 0.980 bits per heavy atom. The third-order valence-corrected chi connectivity index (χ3v) is 9.41. The number of ether oxygens (including phenoxy) is 2. The number of nitrogens with zero attached hydrogens (tertiary/aromatic N) is 3. The fraction of sp³-hybridized carbons (Fsp3) is 0.286. The van der Waals surface area contributed by atoms with Gasteiger partial charge in [0.1, 0.15) is 12.4 Å². The minimum absolute atomic E-state index is 0.0338. The number of amides is 4. The van der Waals surface area contributed by atoms with E-state index in [1.807, 2.05) is 24.3 Å². The van der Waals surface area contributed by atoms with Gasteiger partial charge in [0, 0.05) is 62.7 Å². The first kappa shape index (κ1) is 35.3. The normalized spacial score (nSPS) is 13.5. The summed E-state index contributed by atoms with van der Waals surface area (Å²) in [5.74, 6) is -0.0149. The van der Waals surface area contributed by atoms with E-state index in [1.54, 1.807) is 68.5 Å². The van der Waals surface area contributed by atoms with Crippen LogP contribution < -0.4 is 20.3 Å². The Morgan fingerprint density at radius 2 is 1.67 bits per heavy atom. The number of thiophene rings is 1. The van der Waals surface area contributed by atoms with Gasteiger partial charge in [-0.25, -0.2) is 9.59 Å². The first-order chi connectivity index (χ1) is 23.6. The molecule has 256 valence electrons. The Bertz CT molecular complexity index is 1860. The molecular weight excluding hydrogens is 670 g/mol. The molecule has 0 bridgehead atoms. The summed E-state index contributed by atoms with van der Waals surface area (Å²) in [6.45, 7) is 0.907. The first-order valence-electron chi connectivity index (χ1n) is 15.5. The lowest BCUT2D eigenvalue weighted by atomic mass is 9.95. The molecule has 0 unspecified atom stereocenters. The fourth-order valence-corrected chi connectivity index (χ4v) is 6.46. The maximum atomic E-state index is 13.6. The number of benzene rings is 3. The van der Waals surface area contributed by atoms with Crippen molar-refractivity contribution >= 4 is 75.4 Å². The van der Waals surface area contributed by atoms with Gasteiger partial charge in [0.25, 0.3) is 5.91 Å². The molecule has 4 amide bonds. The second-order valence-corrected chi connectivity index (χ2v) is 12.9. The Balaban J connectivity index is 1.22. The molecule has 12 nitrogen and oxygen atoms in total. The van der Waals surface area contributed by atoms with Crippen molar-refractivity contribution in [3.8, 4) is 5.75 Å². The van der Waals surface area contributed by atoms with E-state index in [9.17, 15) is 24.0 Å². The number of halogens is 1. The largest absolute Gasteiger partial charge is 0.445 e. The van der Waals surface area contributed by atoms with E-state index in [0.717, 1.165) is 27.8 Å². The van der Waals surface area contributed by atoms with Crippen LogP contribution in [0, 0.1) is 0 Å². The molecular formula is C35H36ClN5O7S. The van der Waals surface area contributed by atoms with Crippen molar-refractivity contribution in [1.82, 2.24) is 15.1 Å². The molecule has 0 spiro atoms. The quantitative estimate of drug-likeness (QED) is 0.145. The Labute approximate surface area is 292 Å². The lowest BCUT2D eigenvalue weighted by Crippen LogP contribution is -2.38. The summed E-state index contributed by atoms with van der Waals surface area (Å²) in [4.78, 5) is 67.7. The second kappa shape index (κ2) is 15.9. The summed E-state index contributed by atoms with van der Waals surface area (Å²) in [6.07, 6.45) is -0.505. The lowest BCUT2D eigenvalue weighted by Gasteiger charge is -2.23. The van der Waals surface area contributed by atoms with Gasteiger partial charge in [-0.1, -0.05) is 36.4 Å². The van der Waals surface area contributed by atoms with Gasteiger partial charge in [-0.2, -0.15) is 0 Å². The number of aldehydes is 1. The Morgan fingerprint density at radius 3 is 2.33 bits per heavy atom. The highest BCUT2D eigenvalue weighted by Crippen LogP contribution is 2.46. The van der Waals surface area contributed by atoms with Crippen molar-refractivity contribution in [1.29, 1.82) is 0 Å². The van der Waals surface area contributed by atoms with Crippen LogP contribution in [0.3, 0.4) is 0 Å². The number of rotatable bonds is 12. The molecule has 0 aliphatic carbocycles. The van der Waals surface area contributed by atoms with Gasteiger partial charge in [0.2, 0.25) is 5.91 Å².